The van der Waals surface area contributed by atoms with E-state index in [2.05, 4.69) is 49.7 Å². The first kappa shape index (κ1) is 13.5. The van der Waals surface area contributed by atoms with Crippen LogP contribution in [0.3, 0.4) is 0 Å². The first-order chi connectivity index (χ1) is 10.7. The summed E-state index contributed by atoms with van der Waals surface area (Å²) in [4.78, 5) is 11.7. The molecule has 0 bridgehead atoms. The fourth-order valence-corrected chi connectivity index (χ4v) is 3.39. The fourth-order valence-electron chi connectivity index (χ4n) is 3.39. The molecule has 6 nitrogen and oxygen atoms in total. The number of nitrogens with zero attached hydrogens (tertiary/aromatic N) is 5. The van der Waals surface area contributed by atoms with Gasteiger partial charge in [-0.3, -0.25) is 10.00 Å². The predicted octanol–water partition coefficient (Wildman–Crippen LogP) is 2.41. The highest BCUT2D eigenvalue weighted by Crippen LogP contribution is 2.31. The quantitative estimate of drug-likeness (QED) is 0.806. The van der Waals surface area contributed by atoms with Crippen molar-refractivity contribution in [1.29, 1.82) is 0 Å². The summed E-state index contributed by atoms with van der Waals surface area (Å²) >= 11 is 0. The first-order valence-electron chi connectivity index (χ1n) is 7.78. The molecule has 0 radical (unpaired) electrons. The summed E-state index contributed by atoms with van der Waals surface area (Å²) in [6.07, 6.45) is 4.37. The molecule has 0 aliphatic carbocycles. The Balaban J connectivity index is 1.64. The molecular weight excluding hydrogens is 276 g/mol. The smallest absolute Gasteiger partial charge is 0.167 e. The maximum atomic E-state index is 4.76. The summed E-state index contributed by atoms with van der Waals surface area (Å²) in [6, 6.07) is 6.54. The normalized spacial score (nSPS) is 19.3. The van der Waals surface area contributed by atoms with Crippen LogP contribution >= 0.6 is 0 Å². The van der Waals surface area contributed by atoms with Crippen molar-refractivity contribution in [3.05, 3.63) is 47.6 Å². The summed E-state index contributed by atoms with van der Waals surface area (Å²) in [7, 11) is 0. The van der Waals surface area contributed by atoms with Crippen molar-refractivity contribution in [2.24, 2.45) is 0 Å². The number of rotatable bonds is 3. The van der Waals surface area contributed by atoms with Gasteiger partial charge in [0.2, 0.25) is 0 Å². The highest BCUT2D eigenvalue weighted by molar-refractivity contribution is 5.53. The fraction of sp³-hybridized carbons (Fsp3) is 0.438. The van der Waals surface area contributed by atoms with E-state index in [0.29, 0.717) is 6.04 Å². The molecule has 1 aliphatic rings. The number of aromatic amines is 1. The summed E-state index contributed by atoms with van der Waals surface area (Å²) < 4.78 is 2.15. The zero-order valence-electron chi connectivity index (χ0n) is 13.0. The van der Waals surface area contributed by atoms with Crippen molar-refractivity contribution in [1.82, 2.24) is 29.5 Å². The number of likely N-dealkylation sites (tertiary alicyclic amines) is 1. The number of aryl methyl sites for hydroxylation is 2. The largest absolute Gasteiger partial charge is 0.304 e. The maximum absolute atomic E-state index is 4.76. The van der Waals surface area contributed by atoms with Crippen LogP contribution in [0.5, 0.6) is 0 Å². The van der Waals surface area contributed by atoms with Crippen LogP contribution in [0, 0.1) is 13.8 Å². The lowest BCUT2D eigenvalue weighted by atomic mass is 10.2. The van der Waals surface area contributed by atoms with E-state index in [1.807, 2.05) is 13.0 Å². The number of hydrogen-bond acceptors (Lipinski definition) is 4. The van der Waals surface area contributed by atoms with Crippen LogP contribution in [0.2, 0.25) is 0 Å². The average molecular weight is 296 g/mol. The number of nitrogens with one attached hydrogen (secondary N) is 1. The van der Waals surface area contributed by atoms with Crippen LogP contribution < -0.4 is 0 Å². The third-order valence-corrected chi connectivity index (χ3v) is 4.43. The summed E-state index contributed by atoms with van der Waals surface area (Å²) in [5.41, 5.74) is 2.33. The minimum Gasteiger partial charge on any atom is -0.304 e. The highest BCUT2D eigenvalue weighted by atomic mass is 15.3. The molecule has 114 valence electrons. The molecule has 0 spiro atoms. The first-order valence-corrected chi connectivity index (χ1v) is 7.78. The van der Waals surface area contributed by atoms with Crippen molar-refractivity contribution in [3.8, 4) is 0 Å². The molecule has 1 atom stereocenters. The van der Waals surface area contributed by atoms with Gasteiger partial charge in [-0.25, -0.2) is 9.97 Å². The van der Waals surface area contributed by atoms with Crippen LogP contribution in [0.15, 0.2) is 24.4 Å². The van der Waals surface area contributed by atoms with E-state index in [-0.39, 0.29) is 0 Å². The van der Waals surface area contributed by atoms with Crippen molar-refractivity contribution in [2.45, 2.75) is 39.3 Å². The summed E-state index contributed by atoms with van der Waals surface area (Å²) in [5, 5.41) is 7.31. The molecule has 3 aromatic heterocycles. The Kier molecular flexibility index (Phi) is 3.18. The average Bonchev–Trinajstić information content (AvgIpc) is 3.21. The Labute approximate surface area is 129 Å². The van der Waals surface area contributed by atoms with Crippen molar-refractivity contribution in [3.63, 3.8) is 0 Å². The van der Waals surface area contributed by atoms with E-state index in [9.17, 15) is 0 Å². The molecule has 0 aromatic carbocycles. The van der Waals surface area contributed by atoms with E-state index < -0.39 is 0 Å². The molecule has 0 unspecified atom stereocenters. The number of H-pyrrole nitrogens is 1. The third kappa shape index (κ3) is 2.20. The summed E-state index contributed by atoms with van der Waals surface area (Å²) in [5.74, 6) is 2.83. The highest BCUT2D eigenvalue weighted by Gasteiger charge is 2.30. The van der Waals surface area contributed by atoms with Crippen LogP contribution in [0.1, 0.15) is 42.1 Å². The van der Waals surface area contributed by atoms with Gasteiger partial charge < -0.3 is 4.40 Å². The van der Waals surface area contributed by atoms with Gasteiger partial charge in [0.25, 0.3) is 0 Å². The molecule has 4 rings (SSSR count). The molecule has 6 heteroatoms. The van der Waals surface area contributed by atoms with E-state index in [1.54, 1.807) is 0 Å². The van der Waals surface area contributed by atoms with Gasteiger partial charge in [-0.15, -0.1) is 0 Å². The Morgan fingerprint density at radius 1 is 1.27 bits per heavy atom. The predicted molar refractivity (Wildman–Crippen MR) is 83.4 cm³/mol. The Bertz CT molecular complexity index is 802. The maximum Gasteiger partial charge on any atom is 0.167 e. The molecule has 1 fully saturated rings. The molecule has 0 amide bonds. The van der Waals surface area contributed by atoms with Crippen molar-refractivity contribution >= 4 is 5.52 Å². The van der Waals surface area contributed by atoms with Gasteiger partial charge in [-0.05, 0) is 45.4 Å². The number of hydrogen-bond donors (Lipinski definition) is 1. The van der Waals surface area contributed by atoms with Crippen LogP contribution in [0.4, 0.5) is 0 Å². The van der Waals surface area contributed by atoms with E-state index in [4.69, 9.17) is 4.98 Å². The molecule has 4 heterocycles. The van der Waals surface area contributed by atoms with Gasteiger partial charge >= 0.3 is 0 Å². The van der Waals surface area contributed by atoms with Crippen molar-refractivity contribution < 1.29 is 0 Å². The number of pyridine rings is 1. The second-order valence-corrected chi connectivity index (χ2v) is 5.97. The molecule has 1 saturated heterocycles. The van der Waals surface area contributed by atoms with Crippen LogP contribution in [-0.4, -0.2) is 36.0 Å². The van der Waals surface area contributed by atoms with E-state index in [1.165, 1.54) is 11.9 Å². The molecular formula is C16H20N6. The Hall–Kier alpha value is -2.21. The second-order valence-electron chi connectivity index (χ2n) is 5.97. The lowest BCUT2D eigenvalue weighted by Crippen LogP contribution is -2.24. The van der Waals surface area contributed by atoms with Crippen molar-refractivity contribution in [2.75, 3.05) is 6.54 Å². The van der Waals surface area contributed by atoms with Gasteiger partial charge in [0, 0.05) is 12.7 Å². The molecule has 1 aliphatic heterocycles. The Morgan fingerprint density at radius 2 is 2.18 bits per heavy atom. The van der Waals surface area contributed by atoms with Gasteiger partial charge in [0.1, 0.15) is 11.6 Å². The zero-order valence-corrected chi connectivity index (χ0v) is 13.0. The molecule has 0 saturated carbocycles. The number of imidazole rings is 1. The van der Waals surface area contributed by atoms with Gasteiger partial charge in [0.05, 0.1) is 17.3 Å². The number of aromatic nitrogens is 5. The van der Waals surface area contributed by atoms with E-state index >= 15 is 0 Å². The molecule has 1 N–H and O–H groups in total. The standard InChI is InChI=1S/C16H20N6/c1-11-17-16(20-19-11)15-7-5-8-21(15)10-13-14-6-3-4-9-22(14)12(2)18-13/h3-4,6,9,15H,5,7-8,10H2,1-2H3,(H,17,19,20)/t15-/m1/s1. The lowest BCUT2D eigenvalue weighted by Gasteiger charge is -2.21. The van der Waals surface area contributed by atoms with Gasteiger partial charge in [-0.2, -0.15) is 5.10 Å². The SMILES string of the molecule is Cc1nc([C@H]2CCCN2Cc2nc(C)n3ccccc23)n[nH]1. The van der Waals surface area contributed by atoms with Gasteiger partial charge in [-0.1, -0.05) is 6.07 Å². The summed E-state index contributed by atoms with van der Waals surface area (Å²) in [6.45, 7) is 5.92. The topological polar surface area (TPSA) is 62.1 Å². The van der Waals surface area contributed by atoms with E-state index in [0.717, 1.165) is 42.7 Å². The zero-order chi connectivity index (χ0) is 15.1. The molecule has 3 aromatic rings. The van der Waals surface area contributed by atoms with Crippen LogP contribution in [-0.2, 0) is 6.54 Å². The monoisotopic (exact) mass is 296 g/mol. The number of fused-ring (bicyclic) bond motifs is 1. The Morgan fingerprint density at radius 3 is 3.00 bits per heavy atom. The van der Waals surface area contributed by atoms with Gasteiger partial charge in [0.15, 0.2) is 5.82 Å². The molecule has 22 heavy (non-hydrogen) atoms. The second kappa shape index (κ2) is 5.21. The minimum absolute atomic E-state index is 0.297. The van der Waals surface area contributed by atoms with Crippen LogP contribution in [0.25, 0.3) is 5.52 Å². The minimum atomic E-state index is 0.297. The third-order valence-electron chi connectivity index (χ3n) is 4.43. The lowest BCUT2D eigenvalue weighted by molar-refractivity contribution is 0.238.